The number of likely N-dealkylation sites (tertiary alicyclic amines) is 1. The molecule has 4 rings (SSSR count). The van der Waals surface area contributed by atoms with E-state index in [1.807, 2.05) is 24.3 Å². The van der Waals surface area contributed by atoms with Crippen molar-refractivity contribution in [3.05, 3.63) is 48.3 Å². The second kappa shape index (κ2) is 11.4. The maximum absolute atomic E-state index is 13.4. The number of nitrogens with zero attached hydrogens (tertiary/aromatic N) is 1. The maximum atomic E-state index is 13.4. The van der Waals surface area contributed by atoms with Gasteiger partial charge in [-0.15, -0.1) is 0 Å². The Labute approximate surface area is 219 Å². The Morgan fingerprint density at radius 3 is 2.47 bits per heavy atom. The smallest absolute Gasteiger partial charge is 0.246 e. The van der Waals surface area contributed by atoms with Gasteiger partial charge in [-0.05, 0) is 37.3 Å². The number of hydrogen-bond donors (Lipinski definition) is 6. The van der Waals surface area contributed by atoms with Crippen LogP contribution in [0, 0.1) is 0 Å². The molecule has 4 atom stereocenters. The van der Waals surface area contributed by atoms with Gasteiger partial charge in [-0.1, -0.05) is 24.8 Å². The molecule has 38 heavy (non-hydrogen) atoms. The number of aromatic nitrogens is 1. The van der Waals surface area contributed by atoms with E-state index in [2.05, 4.69) is 27.5 Å². The molecule has 0 saturated carbocycles. The highest BCUT2D eigenvalue weighted by Gasteiger charge is 2.40. The molecule has 0 aliphatic carbocycles. The molecule has 1 aromatic heterocycles. The van der Waals surface area contributed by atoms with Gasteiger partial charge in [-0.2, -0.15) is 0 Å². The fourth-order valence-electron chi connectivity index (χ4n) is 5.09. The van der Waals surface area contributed by atoms with Gasteiger partial charge in [0.25, 0.3) is 0 Å². The minimum absolute atomic E-state index is 0.172. The van der Waals surface area contributed by atoms with E-state index in [1.54, 1.807) is 6.20 Å². The van der Waals surface area contributed by atoms with E-state index in [-0.39, 0.29) is 13.0 Å². The molecule has 2 aliphatic rings. The van der Waals surface area contributed by atoms with Crippen LogP contribution in [0.3, 0.4) is 0 Å². The lowest BCUT2D eigenvalue weighted by atomic mass is 10.0. The monoisotopic (exact) mass is 523 g/mol. The number of carbonyl (C=O) groups is 5. The van der Waals surface area contributed by atoms with E-state index in [0.29, 0.717) is 25.7 Å². The first-order chi connectivity index (χ1) is 18.1. The van der Waals surface area contributed by atoms with Crippen molar-refractivity contribution >= 4 is 40.4 Å². The van der Waals surface area contributed by atoms with Crippen molar-refractivity contribution in [2.24, 2.45) is 11.5 Å². The molecule has 4 unspecified atom stereocenters. The summed E-state index contributed by atoms with van der Waals surface area (Å²) in [6.07, 6.45) is 3.57. The molecule has 2 saturated heterocycles. The summed E-state index contributed by atoms with van der Waals surface area (Å²) in [7, 11) is 0. The lowest BCUT2D eigenvalue weighted by molar-refractivity contribution is -0.143. The molecular formula is C26H33N7O5. The van der Waals surface area contributed by atoms with Gasteiger partial charge in [0.05, 0.1) is 6.42 Å². The fraction of sp³-hybridized carbons (Fsp3) is 0.423. The molecule has 0 bridgehead atoms. The van der Waals surface area contributed by atoms with Crippen LogP contribution in [0.15, 0.2) is 42.7 Å². The number of nitrogens with two attached hydrogens (primary N) is 2. The highest BCUT2D eigenvalue weighted by molar-refractivity contribution is 5.97. The summed E-state index contributed by atoms with van der Waals surface area (Å²) >= 11 is 0. The summed E-state index contributed by atoms with van der Waals surface area (Å²) in [5.74, 6) is -3.03. The molecular weight excluding hydrogens is 490 g/mol. The van der Waals surface area contributed by atoms with Crippen molar-refractivity contribution in [1.82, 2.24) is 25.8 Å². The number of aromatic amines is 1. The van der Waals surface area contributed by atoms with Crippen LogP contribution in [0.25, 0.3) is 10.9 Å². The number of nitrogens with one attached hydrogen (secondary N) is 4. The number of hydrogen-bond acceptors (Lipinski definition) is 6. The highest BCUT2D eigenvalue weighted by atomic mass is 16.2. The summed E-state index contributed by atoms with van der Waals surface area (Å²) in [4.78, 5) is 67.8. The third-order valence-corrected chi connectivity index (χ3v) is 7.05. The lowest BCUT2D eigenvalue weighted by Gasteiger charge is -2.29. The maximum Gasteiger partial charge on any atom is 0.246 e. The summed E-state index contributed by atoms with van der Waals surface area (Å²) in [5, 5.41) is 9.17. The molecule has 1 aromatic carbocycles. The van der Waals surface area contributed by atoms with Gasteiger partial charge in [-0.3, -0.25) is 24.0 Å². The number of primary amides is 2. The molecule has 0 spiro atoms. The van der Waals surface area contributed by atoms with E-state index in [9.17, 15) is 24.0 Å². The minimum atomic E-state index is -1.22. The van der Waals surface area contributed by atoms with E-state index in [4.69, 9.17) is 11.5 Å². The van der Waals surface area contributed by atoms with Crippen LogP contribution < -0.4 is 27.4 Å². The van der Waals surface area contributed by atoms with Crippen molar-refractivity contribution in [2.75, 3.05) is 6.54 Å². The summed E-state index contributed by atoms with van der Waals surface area (Å²) in [5.41, 5.74) is 13.4. The molecule has 2 aliphatic heterocycles. The van der Waals surface area contributed by atoms with Crippen molar-refractivity contribution in [3.63, 3.8) is 0 Å². The van der Waals surface area contributed by atoms with Crippen molar-refractivity contribution in [1.29, 1.82) is 0 Å². The number of amides is 5. The summed E-state index contributed by atoms with van der Waals surface area (Å²) in [6.45, 7) is 4.05. The third-order valence-electron chi connectivity index (χ3n) is 7.05. The zero-order valence-electron chi connectivity index (χ0n) is 21.0. The van der Waals surface area contributed by atoms with E-state index < -0.39 is 60.1 Å². The van der Waals surface area contributed by atoms with Gasteiger partial charge in [0.15, 0.2) is 0 Å². The molecule has 5 amide bonds. The number of allylic oxidation sites excluding steroid dienone is 1. The topological polar surface area (TPSA) is 193 Å². The van der Waals surface area contributed by atoms with E-state index in [0.717, 1.165) is 22.2 Å². The number of H-pyrrole nitrogens is 1. The van der Waals surface area contributed by atoms with Gasteiger partial charge in [0, 0.05) is 35.8 Å². The number of carbonyl (C=O) groups excluding carboxylic acids is 5. The third kappa shape index (κ3) is 5.96. The Hall–Kier alpha value is -4.35. The molecule has 12 nitrogen and oxygen atoms in total. The number of para-hydroxylation sites is 1. The fourth-order valence-corrected chi connectivity index (χ4v) is 5.09. The molecule has 2 fully saturated rings. The second-order valence-corrected chi connectivity index (χ2v) is 9.79. The Balaban J connectivity index is 1.45. The van der Waals surface area contributed by atoms with E-state index >= 15 is 0 Å². The number of rotatable bonds is 10. The van der Waals surface area contributed by atoms with Gasteiger partial charge in [0.2, 0.25) is 29.5 Å². The van der Waals surface area contributed by atoms with Crippen molar-refractivity contribution in [3.8, 4) is 0 Å². The number of fused-ring (bicyclic) bond motifs is 1. The zero-order chi connectivity index (χ0) is 27.4. The number of benzene rings is 1. The normalized spacial score (nSPS) is 20.5. The van der Waals surface area contributed by atoms with Crippen LogP contribution >= 0.6 is 0 Å². The quantitative estimate of drug-likeness (QED) is 0.238. The molecule has 0 radical (unpaired) electrons. The lowest BCUT2D eigenvalue weighted by Crippen LogP contribution is -2.57. The molecule has 2 aromatic rings. The minimum Gasteiger partial charge on any atom is -0.378 e. The first-order valence-corrected chi connectivity index (χ1v) is 12.6. The Bertz CT molecular complexity index is 1270. The Kier molecular flexibility index (Phi) is 7.99. The van der Waals surface area contributed by atoms with Crippen molar-refractivity contribution < 1.29 is 24.0 Å². The van der Waals surface area contributed by atoms with Crippen LogP contribution in [0.2, 0.25) is 0 Å². The molecule has 3 heterocycles. The predicted molar refractivity (Wildman–Crippen MR) is 139 cm³/mol. The van der Waals surface area contributed by atoms with Crippen molar-refractivity contribution in [2.45, 2.75) is 62.7 Å². The summed E-state index contributed by atoms with van der Waals surface area (Å²) in [6, 6.07) is 3.90. The predicted octanol–water partition coefficient (Wildman–Crippen LogP) is -0.703. The average molecular weight is 524 g/mol. The molecule has 12 heteroatoms. The van der Waals surface area contributed by atoms with Crippen LogP contribution in [0.5, 0.6) is 0 Å². The standard InChI is InChI=1S/C26H33N7O5/c1-14-8-9-18(30-14)24(36)32-20(12-22(27)34)26(38)33-10-4-7-21(33)25(37)31-19(23(28)35)11-15-13-29-17-6-3-2-5-16(15)17/h2-3,5-6,13,18-21,29-30H,1,4,7-12H2,(H2,27,34)(H2,28,35)(H,31,37)(H,32,36). The van der Waals surface area contributed by atoms with Gasteiger partial charge >= 0.3 is 0 Å². The largest absolute Gasteiger partial charge is 0.378 e. The van der Waals surface area contributed by atoms with Crippen LogP contribution in [0.1, 0.15) is 37.7 Å². The average Bonchev–Trinajstić information content (AvgIpc) is 3.62. The first-order valence-electron chi connectivity index (χ1n) is 12.6. The second-order valence-electron chi connectivity index (χ2n) is 9.79. The summed E-state index contributed by atoms with van der Waals surface area (Å²) < 4.78 is 0. The zero-order valence-corrected chi connectivity index (χ0v) is 21.0. The Morgan fingerprint density at radius 1 is 1.05 bits per heavy atom. The SMILES string of the molecule is C=C1CCC(C(=O)NC(CC(N)=O)C(=O)N2CCCC2C(=O)NC(Cc2c[nH]c3ccccc23)C(N)=O)N1. The van der Waals surface area contributed by atoms with Crippen LogP contribution in [-0.4, -0.2) is 70.1 Å². The Morgan fingerprint density at radius 2 is 1.79 bits per heavy atom. The van der Waals surface area contributed by atoms with Crippen LogP contribution in [-0.2, 0) is 30.4 Å². The molecule has 202 valence electrons. The van der Waals surface area contributed by atoms with E-state index in [1.165, 1.54) is 4.90 Å². The van der Waals surface area contributed by atoms with Gasteiger partial charge in [0.1, 0.15) is 24.2 Å². The highest BCUT2D eigenvalue weighted by Crippen LogP contribution is 2.22. The molecule has 8 N–H and O–H groups in total. The van der Waals surface area contributed by atoms with Crippen LogP contribution in [0.4, 0.5) is 0 Å². The van der Waals surface area contributed by atoms with Gasteiger partial charge < -0.3 is 37.3 Å². The van der Waals surface area contributed by atoms with Gasteiger partial charge in [-0.25, -0.2) is 0 Å². The first kappa shape index (κ1) is 26.7.